The van der Waals surface area contributed by atoms with Crippen LogP contribution >= 0.6 is 11.8 Å². The molecule has 0 saturated carbocycles. The molecule has 15 aromatic carbocycles. The number of para-hydroxylation sites is 1. The Hall–Kier alpha value is -11.4. The number of fused-ring (bicyclic) bond motifs is 21. The van der Waals surface area contributed by atoms with Gasteiger partial charge in [0.1, 0.15) is 0 Å². The number of pyridine rings is 1. The molecule has 3 heterocycles. The molecule has 2 unspecified atom stereocenters. The highest BCUT2D eigenvalue weighted by molar-refractivity contribution is 8.01. The van der Waals surface area contributed by atoms with E-state index in [1.54, 1.807) is 0 Å². The Morgan fingerprint density at radius 3 is 1.59 bits per heavy atom. The van der Waals surface area contributed by atoms with Gasteiger partial charge in [0.05, 0.1) is 16.7 Å². The van der Waals surface area contributed by atoms with Crippen molar-refractivity contribution in [3.63, 3.8) is 0 Å². The Morgan fingerprint density at radius 2 is 0.874 bits per heavy atom. The SMILES string of the molecule is CC1(C)c2ccccc2-c2cc3c4cc(-c5ccc(-c6ccc(-c7cc8c9ccccc9c9ccccc9c8cn7)cc6C6=CC=CC7c8cccc(-c9ccccc9)c8SC67)c(-c6ccc7c8ccccc8c8ccccc8c7c6)c5)ccc4n(-c4ccccc4)c3cc21. The monoisotopic (exact) mass is 1220 g/mol. The zero-order valence-electron chi connectivity index (χ0n) is 52.5. The van der Waals surface area contributed by atoms with Crippen molar-refractivity contribution in [2.75, 3.05) is 0 Å². The molecule has 2 aromatic heterocycles. The number of thioether (sulfide) groups is 1. The molecule has 0 amide bonds. The van der Waals surface area contributed by atoms with Gasteiger partial charge in [-0.3, -0.25) is 4.98 Å². The van der Waals surface area contributed by atoms with Crippen LogP contribution in [0.1, 0.15) is 42.0 Å². The first-order valence-corrected chi connectivity index (χ1v) is 34.1. The molecule has 0 saturated heterocycles. The third-order valence-electron chi connectivity index (χ3n) is 21.4. The lowest BCUT2D eigenvalue weighted by atomic mass is 9.80. The lowest BCUT2D eigenvalue weighted by Gasteiger charge is -2.26. The van der Waals surface area contributed by atoms with E-state index in [4.69, 9.17) is 4.98 Å². The Balaban J connectivity index is 0.826. The Labute approximate surface area is 555 Å². The molecule has 95 heavy (non-hydrogen) atoms. The molecule has 3 aliphatic rings. The van der Waals surface area contributed by atoms with Crippen molar-refractivity contribution in [1.29, 1.82) is 0 Å². The molecule has 3 heteroatoms. The van der Waals surface area contributed by atoms with Crippen molar-refractivity contribution >= 4 is 104 Å². The van der Waals surface area contributed by atoms with Gasteiger partial charge in [-0.15, -0.1) is 11.8 Å². The summed E-state index contributed by atoms with van der Waals surface area (Å²) in [4.78, 5) is 6.77. The summed E-state index contributed by atoms with van der Waals surface area (Å²) in [5.74, 6) is 0.184. The third kappa shape index (κ3) is 8.16. The molecule has 0 N–H and O–H groups in total. The summed E-state index contributed by atoms with van der Waals surface area (Å²) in [5, 5.41) is 17.5. The average molecular weight is 1230 g/mol. The minimum atomic E-state index is -0.138. The first kappa shape index (κ1) is 54.2. The van der Waals surface area contributed by atoms with Crippen LogP contribution in [-0.4, -0.2) is 14.8 Å². The lowest BCUT2D eigenvalue weighted by Crippen LogP contribution is -2.14. The van der Waals surface area contributed by atoms with E-state index >= 15 is 0 Å². The van der Waals surface area contributed by atoms with E-state index in [1.165, 1.54) is 164 Å². The van der Waals surface area contributed by atoms with Crippen LogP contribution in [-0.2, 0) is 5.41 Å². The minimum absolute atomic E-state index is 0.127. The first-order chi connectivity index (χ1) is 46.9. The van der Waals surface area contributed by atoms with E-state index < -0.39 is 0 Å². The molecule has 0 spiro atoms. The fourth-order valence-corrected chi connectivity index (χ4v) is 18.5. The summed E-state index contributed by atoms with van der Waals surface area (Å²) in [5.41, 5.74) is 24.4. The lowest BCUT2D eigenvalue weighted by molar-refractivity contribution is 0.661. The molecule has 2 aliphatic carbocycles. The molecule has 20 rings (SSSR count). The van der Waals surface area contributed by atoms with E-state index in [2.05, 4.69) is 334 Å². The summed E-state index contributed by atoms with van der Waals surface area (Å²) in [6.07, 6.45) is 9.30. The van der Waals surface area contributed by atoms with Gasteiger partial charge in [0.2, 0.25) is 0 Å². The maximum atomic E-state index is 5.40. The number of aromatic nitrogens is 2. The van der Waals surface area contributed by atoms with Crippen LogP contribution in [0.15, 0.2) is 321 Å². The molecular weight excluding hydrogens is 1170 g/mol. The highest BCUT2D eigenvalue weighted by Crippen LogP contribution is 2.58. The molecule has 1 aliphatic heterocycles. The van der Waals surface area contributed by atoms with Gasteiger partial charge < -0.3 is 4.57 Å². The molecule has 0 bridgehead atoms. The van der Waals surface area contributed by atoms with Crippen LogP contribution in [0.25, 0.3) is 165 Å². The van der Waals surface area contributed by atoms with Gasteiger partial charge in [0, 0.05) is 55.1 Å². The van der Waals surface area contributed by atoms with Crippen LogP contribution in [0.4, 0.5) is 0 Å². The van der Waals surface area contributed by atoms with Crippen LogP contribution in [0.3, 0.4) is 0 Å². The van der Waals surface area contributed by atoms with Gasteiger partial charge in [-0.1, -0.05) is 263 Å². The van der Waals surface area contributed by atoms with E-state index in [-0.39, 0.29) is 16.6 Å². The second-order valence-electron chi connectivity index (χ2n) is 26.7. The van der Waals surface area contributed by atoms with Crippen LogP contribution in [0.5, 0.6) is 0 Å². The maximum absolute atomic E-state index is 5.40. The van der Waals surface area contributed by atoms with Crippen molar-refractivity contribution in [2.45, 2.75) is 35.3 Å². The molecule has 2 nitrogen and oxygen atoms in total. The second-order valence-corrected chi connectivity index (χ2v) is 27.9. The number of hydrogen-bond acceptors (Lipinski definition) is 2. The Kier molecular flexibility index (Phi) is 11.9. The highest BCUT2D eigenvalue weighted by atomic mass is 32.2. The topological polar surface area (TPSA) is 17.8 Å². The van der Waals surface area contributed by atoms with Crippen LogP contribution < -0.4 is 0 Å². The zero-order valence-corrected chi connectivity index (χ0v) is 53.3. The van der Waals surface area contributed by atoms with Crippen molar-refractivity contribution in [3.05, 3.63) is 338 Å². The van der Waals surface area contributed by atoms with Gasteiger partial charge in [0.15, 0.2) is 0 Å². The van der Waals surface area contributed by atoms with E-state index in [1.807, 2.05) is 11.8 Å². The van der Waals surface area contributed by atoms with Crippen molar-refractivity contribution < 1.29 is 0 Å². The highest BCUT2D eigenvalue weighted by Gasteiger charge is 2.39. The summed E-state index contributed by atoms with van der Waals surface area (Å²) in [6.45, 7) is 4.77. The molecule has 2 atom stereocenters. The summed E-state index contributed by atoms with van der Waals surface area (Å²) < 4.78 is 2.48. The number of nitrogens with zero attached hydrogens (tertiary/aromatic N) is 2. The first-order valence-electron chi connectivity index (χ1n) is 33.2. The van der Waals surface area contributed by atoms with E-state index in [0.717, 1.165) is 27.9 Å². The van der Waals surface area contributed by atoms with Crippen molar-refractivity contribution in [1.82, 2.24) is 9.55 Å². The number of benzene rings is 15. The molecular formula is C92H60N2S. The van der Waals surface area contributed by atoms with Gasteiger partial charge in [0.25, 0.3) is 0 Å². The molecule has 0 fully saturated rings. The molecule has 444 valence electrons. The van der Waals surface area contributed by atoms with Crippen LogP contribution in [0.2, 0.25) is 0 Å². The predicted octanol–water partition coefficient (Wildman–Crippen LogP) is 25.0. The second kappa shape index (κ2) is 20.8. The van der Waals surface area contributed by atoms with Gasteiger partial charge in [-0.25, -0.2) is 0 Å². The van der Waals surface area contributed by atoms with Gasteiger partial charge in [-0.2, -0.15) is 0 Å². The van der Waals surface area contributed by atoms with Gasteiger partial charge >= 0.3 is 0 Å². The number of hydrogen-bond donors (Lipinski definition) is 0. The number of rotatable bonds is 7. The normalized spacial score (nSPS) is 15.3. The fraction of sp³-hybridized carbons (Fsp3) is 0.0543. The zero-order chi connectivity index (χ0) is 62.6. The summed E-state index contributed by atoms with van der Waals surface area (Å²) >= 11 is 2.03. The fourth-order valence-electron chi connectivity index (χ4n) is 16.9. The average Bonchev–Trinajstić information content (AvgIpc) is 1.66. The van der Waals surface area contributed by atoms with Gasteiger partial charge in [-0.05, 0) is 203 Å². The standard InChI is InChI=1S/C92H60N2S/c1-92(2)85-38-18-17-33-73(85)81-51-83-82-48-57(42-46-88(82)94(89(83)53-86(81)92)60-23-7-4-8-24-60)56-39-43-70(77(47-56)58-40-44-71-66-29-10-9-25-62(66)63-26-11-14-30-67(63)78(71)49-58)72-45-41-59(87-52-80-68-31-15-12-27-64(68)65-28-13-16-32-69(65)84(80)54-93-87)50-79(72)76-37-20-36-75-74-35-19-34-61(90(74)95-91(75)76)55-21-5-3-6-22-55/h3-54,75,91H,1-2H3. The largest absolute Gasteiger partial charge is 0.309 e. The summed E-state index contributed by atoms with van der Waals surface area (Å²) in [6, 6.07) is 110. The number of allylic oxidation sites excluding steroid dienone is 3. The Bertz CT molecular complexity index is 6150. The van der Waals surface area contributed by atoms with Crippen molar-refractivity contribution in [3.8, 4) is 72.6 Å². The molecule has 0 radical (unpaired) electrons. The summed E-state index contributed by atoms with van der Waals surface area (Å²) in [7, 11) is 0. The molecule has 17 aromatic rings. The third-order valence-corrected chi connectivity index (χ3v) is 22.9. The van der Waals surface area contributed by atoms with E-state index in [9.17, 15) is 0 Å². The predicted molar refractivity (Wildman–Crippen MR) is 404 cm³/mol. The smallest absolute Gasteiger partial charge is 0.0708 e. The Morgan fingerprint density at radius 1 is 0.337 bits per heavy atom. The van der Waals surface area contributed by atoms with Crippen molar-refractivity contribution in [2.24, 2.45) is 0 Å². The minimum Gasteiger partial charge on any atom is -0.309 e. The van der Waals surface area contributed by atoms with Crippen LogP contribution in [0, 0.1) is 0 Å². The quantitative estimate of drug-likeness (QED) is 0.148. The van der Waals surface area contributed by atoms with E-state index in [0.29, 0.717) is 0 Å². The maximum Gasteiger partial charge on any atom is 0.0708 e.